The van der Waals surface area contributed by atoms with E-state index in [0.29, 0.717) is 12.2 Å². The second kappa shape index (κ2) is 11.8. The Morgan fingerprint density at radius 2 is 1.55 bits per heavy atom. The highest BCUT2D eigenvalue weighted by Gasteiger charge is 2.30. The van der Waals surface area contributed by atoms with Crippen molar-refractivity contribution in [3.8, 4) is 5.75 Å². The van der Waals surface area contributed by atoms with Gasteiger partial charge in [0.25, 0.3) is 5.91 Å². The van der Waals surface area contributed by atoms with Gasteiger partial charge in [-0.05, 0) is 47.4 Å². The molecule has 0 heterocycles. The normalized spacial score (nSPS) is 11.5. The van der Waals surface area contributed by atoms with Crippen molar-refractivity contribution in [2.75, 3.05) is 13.7 Å². The lowest BCUT2D eigenvalue weighted by molar-refractivity contribution is -0.142. The van der Waals surface area contributed by atoms with Gasteiger partial charge in [0.2, 0.25) is 5.91 Å². The third-order valence-corrected chi connectivity index (χ3v) is 5.48. The number of nitrogens with one attached hydrogen (secondary N) is 1. The Kier molecular flexibility index (Phi) is 8.58. The van der Waals surface area contributed by atoms with E-state index in [1.54, 1.807) is 19.2 Å². The largest absolute Gasteiger partial charge is 0.484 e. The van der Waals surface area contributed by atoms with E-state index < -0.39 is 6.04 Å². The topological polar surface area (TPSA) is 58.6 Å². The first kappa shape index (κ1) is 24.0. The molecule has 0 radical (unpaired) electrons. The lowest BCUT2D eigenvalue weighted by Gasteiger charge is -2.31. The SMILES string of the molecule is CCc1ccc(OCC(=O)N(Cc2ccc(F)cc2)[C@@H](Cc2ccccc2)C(=O)NC)cc1. The van der Waals surface area contributed by atoms with Gasteiger partial charge in [-0.3, -0.25) is 9.59 Å². The van der Waals surface area contributed by atoms with Crippen molar-refractivity contribution in [2.45, 2.75) is 32.4 Å². The fraction of sp³-hybridized carbons (Fsp3) is 0.259. The van der Waals surface area contributed by atoms with Gasteiger partial charge in [-0.1, -0.05) is 61.5 Å². The van der Waals surface area contributed by atoms with E-state index in [9.17, 15) is 14.0 Å². The number of carbonyl (C=O) groups excluding carboxylic acids is 2. The zero-order chi connectivity index (χ0) is 23.6. The predicted molar refractivity (Wildman–Crippen MR) is 126 cm³/mol. The summed E-state index contributed by atoms with van der Waals surface area (Å²) in [7, 11) is 1.55. The zero-order valence-corrected chi connectivity index (χ0v) is 19.0. The molecule has 1 atom stereocenters. The number of hydrogen-bond donors (Lipinski definition) is 1. The van der Waals surface area contributed by atoms with Gasteiger partial charge in [0.05, 0.1) is 0 Å². The Bertz CT molecular complexity index is 1040. The van der Waals surface area contributed by atoms with Gasteiger partial charge < -0.3 is 15.0 Å². The number of rotatable bonds is 10. The minimum absolute atomic E-state index is 0.155. The number of carbonyl (C=O) groups is 2. The van der Waals surface area contributed by atoms with Gasteiger partial charge in [-0.25, -0.2) is 4.39 Å². The van der Waals surface area contributed by atoms with Crippen LogP contribution in [0.3, 0.4) is 0 Å². The fourth-order valence-electron chi connectivity index (χ4n) is 3.56. The maximum atomic E-state index is 13.4. The molecule has 0 aromatic heterocycles. The van der Waals surface area contributed by atoms with Crippen LogP contribution >= 0.6 is 0 Å². The molecule has 0 spiro atoms. The summed E-state index contributed by atoms with van der Waals surface area (Å²) >= 11 is 0. The Hall–Kier alpha value is -3.67. The summed E-state index contributed by atoms with van der Waals surface area (Å²) in [6.45, 7) is 2.01. The molecule has 0 saturated carbocycles. The second-order valence-electron chi connectivity index (χ2n) is 7.75. The summed E-state index contributed by atoms with van der Waals surface area (Å²) in [5.74, 6) is -0.380. The van der Waals surface area contributed by atoms with Crippen molar-refractivity contribution in [1.82, 2.24) is 10.2 Å². The highest BCUT2D eigenvalue weighted by Crippen LogP contribution is 2.17. The minimum Gasteiger partial charge on any atom is -0.484 e. The summed E-state index contributed by atoms with van der Waals surface area (Å²) in [6, 6.07) is 22.3. The number of halogens is 1. The van der Waals surface area contributed by atoms with Crippen LogP contribution in [0.5, 0.6) is 5.75 Å². The number of hydrogen-bond acceptors (Lipinski definition) is 3. The van der Waals surface area contributed by atoms with E-state index in [-0.39, 0.29) is 30.8 Å². The molecule has 0 aliphatic carbocycles. The number of amides is 2. The Labute approximate surface area is 194 Å². The molecular formula is C27H29FN2O3. The van der Waals surface area contributed by atoms with Crippen LogP contribution in [0.25, 0.3) is 0 Å². The number of benzene rings is 3. The van der Waals surface area contributed by atoms with Crippen LogP contribution in [0, 0.1) is 5.82 Å². The van der Waals surface area contributed by atoms with Crippen LogP contribution < -0.4 is 10.1 Å². The van der Waals surface area contributed by atoms with Gasteiger partial charge in [0.15, 0.2) is 6.61 Å². The first-order chi connectivity index (χ1) is 16.0. The van der Waals surface area contributed by atoms with Crippen LogP contribution in [0.2, 0.25) is 0 Å². The van der Waals surface area contributed by atoms with Crippen molar-refractivity contribution in [3.63, 3.8) is 0 Å². The summed E-state index contributed by atoms with van der Waals surface area (Å²) in [5, 5.41) is 2.67. The smallest absolute Gasteiger partial charge is 0.261 e. The lowest BCUT2D eigenvalue weighted by Crippen LogP contribution is -2.51. The zero-order valence-electron chi connectivity index (χ0n) is 19.0. The van der Waals surface area contributed by atoms with Crippen LogP contribution in [-0.4, -0.2) is 36.4 Å². The van der Waals surface area contributed by atoms with Crippen molar-refractivity contribution >= 4 is 11.8 Å². The minimum atomic E-state index is -0.749. The average Bonchev–Trinajstić information content (AvgIpc) is 2.86. The van der Waals surface area contributed by atoms with E-state index in [1.807, 2.05) is 54.6 Å². The molecule has 3 rings (SSSR count). The molecule has 0 fully saturated rings. The Balaban J connectivity index is 1.84. The molecule has 3 aromatic rings. The van der Waals surface area contributed by atoms with Gasteiger partial charge in [0.1, 0.15) is 17.6 Å². The fourth-order valence-corrected chi connectivity index (χ4v) is 3.56. The molecule has 6 heteroatoms. The predicted octanol–water partition coefficient (Wildman–Crippen LogP) is 4.15. The molecule has 0 aliphatic rings. The Morgan fingerprint density at radius 3 is 2.15 bits per heavy atom. The van der Waals surface area contributed by atoms with E-state index in [4.69, 9.17) is 4.74 Å². The van der Waals surface area contributed by atoms with Crippen LogP contribution in [0.4, 0.5) is 4.39 Å². The molecule has 0 aliphatic heterocycles. The average molecular weight is 449 g/mol. The number of ether oxygens (including phenoxy) is 1. The van der Waals surface area contributed by atoms with Crippen molar-refractivity contribution in [1.29, 1.82) is 0 Å². The third-order valence-electron chi connectivity index (χ3n) is 5.48. The summed E-state index contributed by atoms with van der Waals surface area (Å²) in [6.07, 6.45) is 1.26. The molecule has 2 amide bonds. The van der Waals surface area contributed by atoms with E-state index in [2.05, 4.69) is 12.2 Å². The van der Waals surface area contributed by atoms with Crippen molar-refractivity contribution < 1.29 is 18.7 Å². The van der Waals surface area contributed by atoms with Crippen LogP contribution in [0.1, 0.15) is 23.6 Å². The van der Waals surface area contributed by atoms with Crippen LogP contribution in [-0.2, 0) is 29.0 Å². The number of nitrogens with zero attached hydrogens (tertiary/aromatic N) is 1. The highest BCUT2D eigenvalue weighted by atomic mass is 19.1. The third kappa shape index (κ3) is 6.91. The monoisotopic (exact) mass is 448 g/mol. The maximum Gasteiger partial charge on any atom is 0.261 e. The van der Waals surface area contributed by atoms with E-state index in [1.165, 1.54) is 22.6 Å². The standard InChI is InChI=1S/C27H29FN2O3/c1-3-20-11-15-24(16-12-20)33-19-26(31)30(18-22-9-13-23(28)14-10-22)25(27(32)29-2)17-21-7-5-4-6-8-21/h4-16,25H,3,17-19H2,1-2H3,(H,29,32)/t25-/m0/s1. The molecule has 33 heavy (non-hydrogen) atoms. The molecule has 0 saturated heterocycles. The van der Waals surface area contributed by atoms with Crippen molar-refractivity contribution in [3.05, 3.63) is 101 Å². The molecule has 0 unspecified atom stereocenters. The van der Waals surface area contributed by atoms with Gasteiger partial charge in [-0.15, -0.1) is 0 Å². The number of likely N-dealkylation sites (N-methyl/N-ethyl adjacent to an activating group) is 1. The summed E-state index contributed by atoms with van der Waals surface area (Å²) < 4.78 is 19.1. The quantitative estimate of drug-likeness (QED) is 0.507. The maximum absolute atomic E-state index is 13.4. The lowest BCUT2D eigenvalue weighted by atomic mass is 10.0. The molecule has 1 N–H and O–H groups in total. The molecule has 3 aromatic carbocycles. The molecular weight excluding hydrogens is 419 g/mol. The van der Waals surface area contributed by atoms with Gasteiger partial charge in [0, 0.05) is 20.0 Å². The van der Waals surface area contributed by atoms with E-state index >= 15 is 0 Å². The summed E-state index contributed by atoms with van der Waals surface area (Å²) in [4.78, 5) is 27.7. The molecule has 5 nitrogen and oxygen atoms in total. The van der Waals surface area contributed by atoms with E-state index in [0.717, 1.165) is 17.5 Å². The highest BCUT2D eigenvalue weighted by molar-refractivity contribution is 5.88. The van der Waals surface area contributed by atoms with Gasteiger partial charge in [-0.2, -0.15) is 0 Å². The van der Waals surface area contributed by atoms with Crippen LogP contribution in [0.15, 0.2) is 78.9 Å². The molecule has 0 bridgehead atoms. The van der Waals surface area contributed by atoms with Crippen molar-refractivity contribution in [2.24, 2.45) is 0 Å². The molecule has 172 valence electrons. The second-order valence-corrected chi connectivity index (χ2v) is 7.75. The Morgan fingerprint density at radius 1 is 0.909 bits per heavy atom. The first-order valence-electron chi connectivity index (χ1n) is 11.0. The van der Waals surface area contributed by atoms with Gasteiger partial charge >= 0.3 is 0 Å². The first-order valence-corrected chi connectivity index (χ1v) is 11.0. The number of aryl methyl sites for hydroxylation is 1. The summed E-state index contributed by atoms with van der Waals surface area (Å²) in [5.41, 5.74) is 2.83.